The molecule has 0 saturated carbocycles. The summed E-state index contributed by atoms with van der Waals surface area (Å²) in [6.07, 6.45) is 2.29. The highest BCUT2D eigenvalue weighted by molar-refractivity contribution is 9.09. The van der Waals surface area contributed by atoms with Crippen LogP contribution < -0.4 is 0 Å². The van der Waals surface area contributed by atoms with E-state index in [1.165, 1.54) is 4.90 Å². The molecule has 0 bridgehead atoms. The van der Waals surface area contributed by atoms with Gasteiger partial charge >= 0.3 is 5.97 Å². The van der Waals surface area contributed by atoms with E-state index < -0.39 is 5.60 Å². The first kappa shape index (κ1) is 12.5. The normalized spacial score (nSPS) is 21.5. The summed E-state index contributed by atoms with van der Waals surface area (Å²) < 4.78 is 5.32. The molecule has 4 nitrogen and oxygen atoms in total. The number of alkyl halides is 1. The molecule has 0 aliphatic carbocycles. The van der Waals surface area contributed by atoms with Gasteiger partial charge in [-0.3, -0.25) is 4.79 Å². The number of hydrogen-bond acceptors (Lipinski definition) is 3. The zero-order valence-corrected chi connectivity index (χ0v) is 10.6. The summed E-state index contributed by atoms with van der Waals surface area (Å²) in [5.74, 6) is -0.302. The first-order valence-electron chi connectivity index (χ1n) is 5.00. The molecule has 1 fully saturated rings. The number of likely N-dealkylation sites (tertiary alicyclic amines) is 1. The van der Waals surface area contributed by atoms with E-state index in [4.69, 9.17) is 4.74 Å². The third kappa shape index (κ3) is 3.19. The van der Waals surface area contributed by atoms with Crippen LogP contribution in [0.25, 0.3) is 0 Å². The van der Waals surface area contributed by atoms with Crippen molar-refractivity contribution in [1.82, 2.24) is 4.90 Å². The van der Waals surface area contributed by atoms with Crippen LogP contribution in [0.2, 0.25) is 0 Å². The molecule has 0 aromatic rings. The maximum absolute atomic E-state index is 11.7. The van der Waals surface area contributed by atoms with Crippen LogP contribution in [-0.4, -0.2) is 40.8 Å². The van der Waals surface area contributed by atoms with E-state index in [0.29, 0.717) is 18.3 Å². The van der Waals surface area contributed by atoms with Gasteiger partial charge in [0.2, 0.25) is 6.41 Å². The minimum absolute atomic E-state index is 0.302. The molecule has 5 heteroatoms. The molecule has 0 spiro atoms. The average Bonchev–Trinajstić information content (AvgIpc) is 2.64. The summed E-state index contributed by atoms with van der Waals surface area (Å²) in [6, 6.07) is -0.388. The van der Waals surface area contributed by atoms with E-state index in [1.54, 1.807) is 0 Å². The van der Waals surface area contributed by atoms with Crippen molar-refractivity contribution in [1.29, 1.82) is 0 Å². The molecule has 1 rings (SSSR count). The van der Waals surface area contributed by atoms with Crippen LogP contribution in [0.15, 0.2) is 0 Å². The SMILES string of the molecule is CC(C)(CBr)OC(=O)[C@H]1CCCN1C=O. The lowest BCUT2D eigenvalue weighted by molar-refractivity contribution is -0.161. The minimum Gasteiger partial charge on any atom is -0.457 e. The highest BCUT2D eigenvalue weighted by Gasteiger charge is 2.34. The largest absolute Gasteiger partial charge is 0.457 e. The van der Waals surface area contributed by atoms with Gasteiger partial charge in [0.1, 0.15) is 11.6 Å². The Bertz CT molecular complexity index is 255. The molecule has 86 valence electrons. The van der Waals surface area contributed by atoms with Gasteiger partial charge in [0, 0.05) is 11.9 Å². The smallest absolute Gasteiger partial charge is 0.329 e. The fraction of sp³-hybridized carbons (Fsp3) is 0.800. The Balaban J connectivity index is 2.57. The molecule has 1 aliphatic heterocycles. The first-order chi connectivity index (χ1) is 7.00. The van der Waals surface area contributed by atoms with Crippen molar-refractivity contribution in [3.63, 3.8) is 0 Å². The Labute approximate surface area is 98.1 Å². The van der Waals surface area contributed by atoms with Crippen LogP contribution >= 0.6 is 15.9 Å². The molecule has 1 heterocycles. The highest BCUT2D eigenvalue weighted by atomic mass is 79.9. The molecule has 1 amide bonds. The number of carbonyl (C=O) groups is 2. The fourth-order valence-electron chi connectivity index (χ4n) is 1.54. The fourth-order valence-corrected chi connectivity index (χ4v) is 1.65. The van der Waals surface area contributed by atoms with E-state index in [-0.39, 0.29) is 12.0 Å². The van der Waals surface area contributed by atoms with E-state index in [2.05, 4.69) is 15.9 Å². The van der Waals surface area contributed by atoms with Gasteiger partial charge in [-0.05, 0) is 26.7 Å². The molecule has 1 atom stereocenters. The van der Waals surface area contributed by atoms with Crippen LogP contribution in [0.5, 0.6) is 0 Å². The molecule has 1 aliphatic rings. The maximum atomic E-state index is 11.7. The van der Waals surface area contributed by atoms with E-state index >= 15 is 0 Å². The van der Waals surface area contributed by atoms with Crippen molar-refractivity contribution >= 4 is 28.3 Å². The number of nitrogens with zero attached hydrogens (tertiary/aromatic N) is 1. The Hall–Kier alpha value is -0.580. The number of hydrogen-bond donors (Lipinski definition) is 0. The van der Waals surface area contributed by atoms with Crippen LogP contribution in [0.3, 0.4) is 0 Å². The summed E-state index contributed by atoms with van der Waals surface area (Å²) in [7, 11) is 0. The van der Waals surface area contributed by atoms with E-state index in [1.807, 2.05) is 13.8 Å². The van der Waals surface area contributed by atoms with Crippen molar-refractivity contribution in [3.8, 4) is 0 Å². The molecule has 15 heavy (non-hydrogen) atoms. The predicted octanol–water partition coefficient (Wildman–Crippen LogP) is 1.32. The van der Waals surface area contributed by atoms with Gasteiger partial charge in [-0.25, -0.2) is 4.79 Å². The summed E-state index contributed by atoms with van der Waals surface area (Å²) in [5, 5.41) is 0.583. The van der Waals surface area contributed by atoms with Gasteiger partial charge in [0.05, 0.1) is 0 Å². The van der Waals surface area contributed by atoms with E-state index in [9.17, 15) is 9.59 Å². The predicted molar refractivity (Wildman–Crippen MR) is 59.8 cm³/mol. The van der Waals surface area contributed by atoms with Crippen LogP contribution in [0, 0.1) is 0 Å². The lowest BCUT2D eigenvalue weighted by atomic mass is 10.1. The lowest BCUT2D eigenvalue weighted by Crippen LogP contribution is -2.41. The lowest BCUT2D eigenvalue weighted by Gasteiger charge is -2.26. The monoisotopic (exact) mass is 277 g/mol. The van der Waals surface area contributed by atoms with Gasteiger partial charge in [0.25, 0.3) is 0 Å². The highest BCUT2D eigenvalue weighted by Crippen LogP contribution is 2.20. The van der Waals surface area contributed by atoms with Gasteiger partial charge in [-0.15, -0.1) is 0 Å². The second kappa shape index (κ2) is 4.96. The number of esters is 1. The van der Waals surface area contributed by atoms with Crippen molar-refractivity contribution in [2.45, 2.75) is 38.3 Å². The second-order valence-electron chi connectivity index (χ2n) is 4.32. The molecule has 0 aromatic heterocycles. The number of amides is 1. The molecule has 1 saturated heterocycles. The zero-order chi connectivity index (χ0) is 11.5. The van der Waals surface area contributed by atoms with Crippen molar-refractivity contribution in [2.24, 2.45) is 0 Å². The van der Waals surface area contributed by atoms with E-state index in [0.717, 1.165) is 12.8 Å². The van der Waals surface area contributed by atoms with Gasteiger partial charge in [0.15, 0.2) is 0 Å². The Kier molecular flexibility index (Phi) is 4.13. The molecular weight excluding hydrogens is 262 g/mol. The summed E-state index contributed by atoms with van der Waals surface area (Å²) in [5.41, 5.74) is -0.520. The van der Waals surface area contributed by atoms with Crippen molar-refractivity contribution < 1.29 is 14.3 Å². The summed E-state index contributed by atoms with van der Waals surface area (Å²) in [6.45, 7) is 4.32. The topological polar surface area (TPSA) is 46.6 Å². The standard InChI is InChI=1S/C10H16BrNO3/c1-10(2,6-11)15-9(14)8-4-3-5-12(8)7-13/h7-8H,3-6H2,1-2H3/t8-/m1/s1. The van der Waals surface area contributed by atoms with Gasteiger partial charge < -0.3 is 9.64 Å². The van der Waals surface area contributed by atoms with Gasteiger partial charge in [-0.2, -0.15) is 0 Å². The molecule has 0 unspecified atom stereocenters. The number of halogens is 1. The van der Waals surface area contributed by atoms with Crippen molar-refractivity contribution in [3.05, 3.63) is 0 Å². The van der Waals surface area contributed by atoms with Gasteiger partial charge in [-0.1, -0.05) is 15.9 Å². The molecule has 0 N–H and O–H groups in total. The molecule has 0 radical (unpaired) electrons. The number of ether oxygens (including phenoxy) is 1. The molecular formula is C10H16BrNO3. The number of carbonyl (C=O) groups excluding carboxylic acids is 2. The summed E-state index contributed by atoms with van der Waals surface area (Å²) in [4.78, 5) is 23.9. The average molecular weight is 278 g/mol. The minimum atomic E-state index is -0.520. The quantitative estimate of drug-likeness (QED) is 0.442. The van der Waals surface area contributed by atoms with Crippen molar-refractivity contribution in [2.75, 3.05) is 11.9 Å². The third-order valence-electron chi connectivity index (χ3n) is 2.40. The first-order valence-corrected chi connectivity index (χ1v) is 6.12. The Morgan fingerprint density at radius 2 is 2.33 bits per heavy atom. The number of rotatable bonds is 4. The summed E-state index contributed by atoms with van der Waals surface area (Å²) >= 11 is 3.28. The Morgan fingerprint density at radius 1 is 1.67 bits per heavy atom. The second-order valence-corrected chi connectivity index (χ2v) is 4.88. The zero-order valence-electron chi connectivity index (χ0n) is 9.03. The maximum Gasteiger partial charge on any atom is 0.329 e. The third-order valence-corrected chi connectivity index (χ3v) is 3.75. The van der Waals surface area contributed by atoms with Crippen LogP contribution in [-0.2, 0) is 14.3 Å². The van der Waals surface area contributed by atoms with Crippen LogP contribution in [0.4, 0.5) is 0 Å². The Morgan fingerprint density at radius 3 is 2.87 bits per heavy atom. The molecule has 0 aromatic carbocycles. The van der Waals surface area contributed by atoms with Crippen LogP contribution in [0.1, 0.15) is 26.7 Å².